The van der Waals surface area contributed by atoms with E-state index < -0.39 is 0 Å². The van der Waals surface area contributed by atoms with Gasteiger partial charge in [-0.2, -0.15) is 0 Å². The highest BCUT2D eigenvalue weighted by molar-refractivity contribution is 7.11. The lowest BCUT2D eigenvalue weighted by molar-refractivity contribution is 0.698. The van der Waals surface area contributed by atoms with Gasteiger partial charge in [-0.05, 0) is 32.5 Å². The first-order valence-electron chi connectivity index (χ1n) is 5.59. The molecule has 0 fully saturated rings. The maximum absolute atomic E-state index is 6.29. The molecule has 1 atom stereocenters. The van der Waals surface area contributed by atoms with Crippen LogP contribution in [0.3, 0.4) is 0 Å². The molecule has 0 saturated heterocycles. The normalized spacial score (nSPS) is 12.7. The summed E-state index contributed by atoms with van der Waals surface area (Å²) < 4.78 is 0. The summed E-state index contributed by atoms with van der Waals surface area (Å²) in [6.07, 6.45) is 0. The summed E-state index contributed by atoms with van der Waals surface area (Å²) in [5.74, 6) is 0. The average Bonchev–Trinajstić information content (AvgIpc) is 2.65. The molecule has 2 aromatic rings. The fourth-order valence-electron chi connectivity index (χ4n) is 1.99. The number of nitrogens with zero attached hydrogens (tertiary/aromatic N) is 1. The molecule has 0 amide bonds. The minimum Gasteiger partial charge on any atom is -0.309 e. The molecule has 2 nitrogen and oxygen atoms in total. The van der Waals surface area contributed by atoms with Crippen LogP contribution in [0.15, 0.2) is 18.2 Å². The largest absolute Gasteiger partial charge is 0.309 e. The second kappa shape index (κ2) is 5.57. The van der Waals surface area contributed by atoms with Crippen molar-refractivity contribution in [1.29, 1.82) is 0 Å². The van der Waals surface area contributed by atoms with Gasteiger partial charge in [-0.15, -0.1) is 11.3 Å². The Hall–Kier alpha value is -0.610. The van der Waals surface area contributed by atoms with Crippen molar-refractivity contribution in [3.05, 3.63) is 49.4 Å². The third-order valence-electron chi connectivity index (χ3n) is 2.78. The summed E-state index contributed by atoms with van der Waals surface area (Å²) in [5.41, 5.74) is 2.02. The van der Waals surface area contributed by atoms with Crippen LogP contribution >= 0.6 is 34.5 Å². The maximum Gasteiger partial charge on any atom is 0.0900 e. The van der Waals surface area contributed by atoms with Crippen molar-refractivity contribution in [2.24, 2.45) is 0 Å². The first kappa shape index (κ1) is 13.8. The molecule has 0 aliphatic carbocycles. The Morgan fingerprint density at radius 1 is 1.28 bits per heavy atom. The quantitative estimate of drug-likeness (QED) is 0.910. The number of halogens is 2. The fourth-order valence-corrected chi connectivity index (χ4v) is 3.46. The van der Waals surface area contributed by atoms with Crippen molar-refractivity contribution in [1.82, 2.24) is 10.3 Å². The summed E-state index contributed by atoms with van der Waals surface area (Å²) in [6, 6.07) is 5.73. The van der Waals surface area contributed by atoms with E-state index >= 15 is 0 Å². The van der Waals surface area contributed by atoms with E-state index in [4.69, 9.17) is 23.2 Å². The summed E-state index contributed by atoms with van der Waals surface area (Å²) in [5, 5.41) is 5.52. The first-order chi connectivity index (χ1) is 8.54. The molecule has 2 rings (SSSR count). The van der Waals surface area contributed by atoms with Gasteiger partial charge in [-0.1, -0.05) is 35.3 Å². The van der Waals surface area contributed by atoms with E-state index in [1.54, 1.807) is 17.4 Å². The predicted molar refractivity (Wildman–Crippen MR) is 79.0 cm³/mol. The third kappa shape index (κ3) is 2.54. The molecular formula is C13H14Cl2N2S. The molecule has 0 bridgehead atoms. The lowest BCUT2D eigenvalue weighted by Crippen LogP contribution is -2.17. The van der Waals surface area contributed by atoms with Gasteiger partial charge in [0.2, 0.25) is 0 Å². The molecule has 18 heavy (non-hydrogen) atoms. The lowest BCUT2D eigenvalue weighted by atomic mass is 10.0. The minimum atomic E-state index is 0.0300. The van der Waals surface area contributed by atoms with Gasteiger partial charge in [0.05, 0.1) is 26.8 Å². The van der Waals surface area contributed by atoms with Crippen molar-refractivity contribution >= 4 is 34.5 Å². The fraction of sp³-hybridized carbons (Fsp3) is 0.308. The van der Waals surface area contributed by atoms with Crippen LogP contribution < -0.4 is 5.32 Å². The number of aromatic nitrogens is 1. The van der Waals surface area contributed by atoms with Gasteiger partial charge in [0.25, 0.3) is 0 Å². The van der Waals surface area contributed by atoms with Crippen molar-refractivity contribution in [2.45, 2.75) is 19.9 Å². The number of thiazole rings is 1. The van der Waals surface area contributed by atoms with Gasteiger partial charge in [0, 0.05) is 4.88 Å². The van der Waals surface area contributed by atoms with E-state index in [9.17, 15) is 0 Å². The Morgan fingerprint density at radius 2 is 2.00 bits per heavy atom. The number of nitrogens with one attached hydrogen (secondary N) is 1. The number of hydrogen-bond acceptors (Lipinski definition) is 3. The van der Waals surface area contributed by atoms with E-state index in [0.717, 1.165) is 16.3 Å². The van der Waals surface area contributed by atoms with Crippen LogP contribution in [0.5, 0.6) is 0 Å². The SMILES string of the molecule is CNC(c1cccc(Cl)c1Cl)c1sc(C)nc1C. The highest BCUT2D eigenvalue weighted by Crippen LogP contribution is 2.36. The van der Waals surface area contributed by atoms with Crippen LogP contribution in [0.1, 0.15) is 27.2 Å². The summed E-state index contributed by atoms with van der Waals surface area (Å²) in [7, 11) is 1.91. The van der Waals surface area contributed by atoms with Crippen LogP contribution in [0, 0.1) is 13.8 Å². The minimum absolute atomic E-state index is 0.0300. The molecule has 0 radical (unpaired) electrons. The van der Waals surface area contributed by atoms with Crippen LogP contribution in [0.25, 0.3) is 0 Å². The second-order valence-corrected chi connectivity index (χ2v) is 6.07. The zero-order valence-corrected chi connectivity index (χ0v) is 12.7. The van der Waals surface area contributed by atoms with Crippen LogP contribution in [-0.4, -0.2) is 12.0 Å². The molecule has 5 heteroatoms. The Balaban J connectivity index is 2.52. The monoisotopic (exact) mass is 300 g/mol. The van der Waals surface area contributed by atoms with Gasteiger partial charge in [0.15, 0.2) is 0 Å². The van der Waals surface area contributed by atoms with Crippen LogP contribution in [0.4, 0.5) is 0 Å². The number of rotatable bonds is 3. The Labute approximate surface area is 121 Å². The molecule has 0 aliphatic rings. The number of benzene rings is 1. The maximum atomic E-state index is 6.29. The van der Waals surface area contributed by atoms with Gasteiger partial charge < -0.3 is 5.32 Å². The molecule has 0 saturated carbocycles. The molecule has 1 unspecified atom stereocenters. The van der Waals surface area contributed by atoms with Gasteiger partial charge in [-0.3, -0.25) is 0 Å². The molecular weight excluding hydrogens is 287 g/mol. The van der Waals surface area contributed by atoms with Gasteiger partial charge in [-0.25, -0.2) is 4.98 Å². The molecule has 0 spiro atoms. The van der Waals surface area contributed by atoms with E-state index in [0.29, 0.717) is 10.0 Å². The predicted octanol–water partition coefficient (Wildman–Crippen LogP) is 4.38. The molecule has 1 N–H and O–H groups in total. The Morgan fingerprint density at radius 3 is 2.56 bits per heavy atom. The lowest BCUT2D eigenvalue weighted by Gasteiger charge is -2.17. The van der Waals surface area contributed by atoms with Crippen molar-refractivity contribution in [3.8, 4) is 0 Å². The van der Waals surface area contributed by atoms with Crippen molar-refractivity contribution in [3.63, 3.8) is 0 Å². The summed E-state index contributed by atoms with van der Waals surface area (Å²) >= 11 is 14.0. The molecule has 1 aromatic carbocycles. The highest BCUT2D eigenvalue weighted by atomic mass is 35.5. The summed E-state index contributed by atoms with van der Waals surface area (Å²) in [4.78, 5) is 5.64. The highest BCUT2D eigenvalue weighted by Gasteiger charge is 2.21. The molecule has 96 valence electrons. The van der Waals surface area contributed by atoms with E-state index in [-0.39, 0.29) is 6.04 Å². The number of hydrogen-bond donors (Lipinski definition) is 1. The number of aryl methyl sites for hydroxylation is 2. The molecule has 1 aromatic heterocycles. The smallest absolute Gasteiger partial charge is 0.0900 e. The van der Waals surface area contributed by atoms with E-state index in [1.807, 2.05) is 33.0 Å². The second-order valence-electron chi connectivity index (χ2n) is 4.05. The zero-order valence-electron chi connectivity index (χ0n) is 10.4. The standard InChI is InChI=1S/C13H14Cl2N2S/c1-7-13(18-8(2)17-7)12(16-3)9-5-4-6-10(14)11(9)15/h4-6,12,16H,1-3H3. The van der Waals surface area contributed by atoms with Crippen LogP contribution in [-0.2, 0) is 0 Å². The van der Waals surface area contributed by atoms with Gasteiger partial charge >= 0.3 is 0 Å². The van der Waals surface area contributed by atoms with Crippen molar-refractivity contribution in [2.75, 3.05) is 7.05 Å². The molecule has 1 heterocycles. The first-order valence-corrected chi connectivity index (χ1v) is 7.17. The topological polar surface area (TPSA) is 24.9 Å². The van der Waals surface area contributed by atoms with E-state index in [1.165, 1.54) is 4.88 Å². The Bertz CT molecular complexity index is 566. The van der Waals surface area contributed by atoms with E-state index in [2.05, 4.69) is 10.3 Å². The average molecular weight is 301 g/mol. The third-order valence-corrected chi connectivity index (χ3v) is 4.75. The zero-order chi connectivity index (χ0) is 13.3. The van der Waals surface area contributed by atoms with Gasteiger partial charge in [0.1, 0.15) is 0 Å². The molecule has 0 aliphatic heterocycles. The van der Waals surface area contributed by atoms with Crippen molar-refractivity contribution < 1.29 is 0 Å². The Kier molecular flexibility index (Phi) is 4.28. The summed E-state index contributed by atoms with van der Waals surface area (Å²) in [6.45, 7) is 4.02. The van der Waals surface area contributed by atoms with Crippen LogP contribution in [0.2, 0.25) is 10.0 Å².